The van der Waals surface area contributed by atoms with Crippen molar-refractivity contribution in [1.82, 2.24) is 15.1 Å². The SMILES string of the molecule is CCN(CC1CC1)C(=O)c1nnc(Cl)s1. The Bertz CT molecular complexity index is 364. The zero-order chi connectivity index (χ0) is 10.8. The molecule has 1 aliphatic carbocycles. The lowest BCUT2D eigenvalue weighted by Gasteiger charge is -2.18. The third-order valence-electron chi connectivity index (χ3n) is 2.43. The van der Waals surface area contributed by atoms with Crippen molar-refractivity contribution in [2.45, 2.75) is 19.8 Å². The van der Waals surface area contributed by atoms with Crippen molar-refractivity contribution in [3.63, 3.8) is 0 Å². The number of halogens is 1. The summed E-state index contributed by atoms with van der Waals surface area (Å²) in [5, 5.41) is 7.78. The highest BCUT2D eigenvalue weighted by Gasteiger charge is 2.27. The molecular weight excluding hydrogens is 234 g/mol. The number of rotatable bonds is 4. The van der Waals surface area contributed by atoms with Crippen LogP contribution in [0.15, 0.2) is 0 Å². The van der Waals surface area contributed by atoms with Crippen LogP contribution in [0.4, 0.5) is 0 Å². The molecule has 15 heavy (non-hydrogen) atoms. The molecule has 0 aliphatic heterocycles. The van der Waals surface area contributed by atoms with Gasteiger partial charge in [-0.05, 0) is 37.3 Å². The summed E-state index contributed by atoms with van der Waals surface area (Å²) in [5.74, 6) is 0.645. The Balaban J connectivity index is 2.03. The van der Waals surface area contributed by atoms with Gasteiger partial charge in [0.15, 0.2) is 0 Å². The Kier molecular flexibility index (Phi) is 3.21. The summed E-state index contributed by atoms with van der Waals surface area (Å²) in [4.78, 5) is 13.7. The van der Waals surface area contributed by atoms with E-state index in [-0.39, 0.29) is 5.91 Å². The van der Waals surface area contributed by atoms with Crippen LogP contribution in [0.2, 0.25) is 4.47 Å². The summed E-state index contributed by atoms with van der Waals surface area (Å²) in [7, 11) is 0. The normalized spacial score (nSPS) is 15.3. The molecule has 0 aromatic carbocycles. The van der Waals surface area contributed by atoms with E-state index in [1.54, 1.807) is 0 Å². The van der Waals surface area contributed by atoms with Crippen LogP contribution in [0.25, 0.3) is 0 Å². The fraction of sp³-hybridized carbons (Fsp3) is 0.667. The van der Waals surface area contributed by atoms with Gasteiger partial charge in [0.1, 0.15) is 0 Å². The number of amides is 1. The highest BCUT2D eigenvalue weighted by Crippen LogP contribution is 2.30. The molecule has 1 aliphatic rings. The first-order valence-corrected chi connectivity index (χ1v) is 6.18. The monoisotopic (exact) mass is 245 g/mol. The first-order chi connectivity index (χ1) is 7.20. The maximum absolute atomic E-state index is 11.9. The summed E-state index contributed by atoms with van der Waals surface area (Å²) in [6.45, 7) is 3.53. The lowest BCUT2D eigenvalue weighted by molar-refractivity contribution is 0.0755. The molecule has 82 valence electrons. The topological polar surface area (TPSA) is 46.1 Å². The van der Waals surface area contributed by atoms with E-state index in [4.69, 9.17) is 11.6 Å². The minimum atomic E-state index is -0.0474. The van der Waals surface area contributed by atoms with Gasteiger partial charge >= 0.3 is 0 Å². The molecule has 1 aromatic rings. The molecule has 0 atom stereocenters. The number of aromatic nitrogens is 2. The predicted molar refractivity (Wildman–Crippen MR) is 59.2 cm³/mol. The first kappa shape index (κ1) is 10.8. The first-order valence-electron chi connectivity index (χ1n) is 4.99. The maximum Gasteiger partial charge on any atom is 0.284 e. The molecule has 0 radical (unpaired) electrons. The van der Waals surface area contributed by atoms with Crippen molar-refractivity contribution in [2.75, 3.05) is 13.1 Å². The summed E-state index contributed by atoms with van der Waals surface area (Å²) < 4.78 is 0.320. The van der Waals surface area contributed by atoms with E-state index < -0.39 is 0 Å². The summed E-state index contributed by atoms with van der Waals surface area (Å²) in [5.41, 5.74) is 0. The molecule has 2 rings (SSSR count). The average molecular weight is 246 g/mol. The van der Waals surface area contributed by atoms with Gasteiger partial charge in [-0.1, -0.05) is 11.3 Å². The van der Waals surface area contributed by atoms with Crippen LogP contribution >= 0.6 is 22.9 Å². The number of nitrogens with zero attached hydrogens (tertiary/aromatic N) is 3. The molecule has 6 heteroatoms. The molecule has 1 amide bonds. The van der Waals surface area contributed by atoms with E-state index in [1.165, 1.54) is 12.8 Å². The lowest BCUT2D eigenvalue weighted by atomic mass is 10.3. The smallest absolute Gasteiger partial charge is 0.284 e. The largest absolute Gasteiger partial charge is 0.337 e. The van der Waals surface area contributed by atoms with E-state index in [0.717, 1.165) is 17.9 Å². The fourth-order valence-corrected chi connectivity index (χ4v) is 2.19. The van der Waals surface area contributed by atoms with Gasteiger partial charge in [-0.2, -0.15) is 0 Å². The molecule has 0 N–H and O–H groups in total. The van der Waals surface area contributed by atoms with Crippen LogP contribution in [0.1, 0.15) is 29.6 Å². The third kappa shape index (κ3) is 2.66. The van der Waals surface area contributed by atoms with Crippen LogP contribution in [0, 0.1) is 5.92 Å². The molecule has 1 heterocycles. The van der Waals surface area contributed by atoms with Gasteiger partial charge < -0.3 is 4.90 Å². The highest BCUT2D eigenvalue weighted by molar-refractivity contribution is 7.17. The maximum atomic E-state index is 11.9. The van der Waals surface area contributed by atoms with E-state index in [1.807, 2.05) is 11.8 Å². The van der Waals surface area contributed by atoms with Gasteiger partial charge in [-0.15, -0.1) is 10.2 Å². The van der Waals surface area contributed by atoms with Crippen LogP contribution in [-0.2, 0) is 0 Å². The standard InChI is InChI=1S/C9H12ClN3OS/c1-2-13(5-6-3-4-6)8(14)7-11-12-9(10)15-7/h6H,2-5H2,1H3. The second kappa shape index (κ2) is 4.45. The van der Waals surface area contributed by atoms with E-state index >= 15 is 0 Å². The molecule has 0 saturated heterocycles. The van der Waals surface area contributed by atoms with Crippen molar-refractivity contribution in [1.29, 1.82) is 0 Å². The zero-order valence-corrected chi connectivity index (χ0v) is 10.0. The Morgan fingerprint density at radius 3 is 2.80 bits per heavy atom. The summed E-state index contributed by atoms with van der Waals surface area (Å²) >= 11 is 6.78. The average Bonchev–Trinajstić information content (AvgIpc) is 2.95. The number of carbonyl (C=O) groups is 1. The van der Waals surface area contributed by atoms with Crippen LogP contribution in [-0.4, -0.2) is 34.1 Å². The number of hydrogen-bond donors (Lipinski definition) is 0. The van der Waals surface area contributed by atoms with E-state index in [9.17, 15) is 4.79 Å². The lowest BCUT2D eigenvalue weighted by Crippen LogP contribution is -2.32. The van der Waals surface area contributed by atoms with Crippen LogP contribution < -0.4 is 0 Å². The Hall–Kier alpha value is -0.680. The number of hydrogen-bond acceptors (Lipinski definition) is 4. The van der Waals surface area contributed by atoms with Crippen molar-refractivity contribution in [3.8, 4) is 0 Å². The molecule has 0 spiro atoms. The molecular formula is C9H12ClN3OS. The molecule has 0 bridgehead atoms. The van der Waals surface area contributed by atoms with Gasteiger partial charge in [0.25, 0.3) is 5.91 Å². The van der Waals surface area contributed by atoms with Gasteiger partial charge in [-0.3, -0.25) is 4.79 Å². The molecule has 1 fully saturated rings. The van der Waals surface area contributed by atoms with E-state index in [0.29, 0.717) is 21.9 Å². The Morgan fingerprint density at radius 1 is 1.60 bits per heavy atom. The molecule has 4 nitrogen and oxygen atoms in total. The van der Waals surface area contributed by atoms with Crippen molar-refractivity contribution in [3.05, 3.63) is 9.47 Å². The third-order valence-corrected chi connectivity index (χ3v) is 3.43. The molecule has 0 unspecified atom stereocenters. The van der Waals surface area contributed by atoms with Gasteiger partial charge in [0, 0.05) is 13.1 Å². The second-order valence-corrected chi connectivity index (χ2v) is 5.21. The molecule has 1 aromatic heterocycles. The van der Waals surface area contributed by atoms with Crippen molar-refractivity contribution in [2.24, 2.45) is 5.92 Å². The fourth-order valence-electron chi connectivity index (χ4n) is 1.39. The molecule has 1 saturated carbocycles. The van der Waals surface area contributed by atoms with Crippen molar-refractivity contribution >= 4 is 28.8 Å². The second-order valence-electron chi connectivity index (χ2n) is 3.65. The summed E-state index contributed by atoms with van der Waals surface area (Å²) in [6.07, 6.45) is 2.47. The number of carbonyl (C=O) groups excluding carboxylic acids is 1. The van der Waals surface area contributed by atoms with Crippen LogP contribution in [0.3, 0.4) is 0 Å². The van der Waals surface area contributed by atoms with Crippen LogP contribution in [0.5, 0.6) is 0 Å². The quantitative estimate of drug-likeness (QED) is 0.816. The highest BCUT2D eigenvalue weighted by atomic mass is 35.5. The van der Waals surface area contributed by atoms with Gasteiger partial charge in [-0.25, -0.2) is 0 Å². The summed E-state index contributed by atoms with van der Waals surface area (Å²) in [6, 6.07) is 0. The Morgan fingerprint density at radius 2 is 2.33 bits per heavy atom. The minimum absolute atomic E-state index is 0.0474. The van der Waals surface area contributed by atoms with E-state index in [2.05, 4.69) is 10.2 Å². The Labute approximate surface area is 97.3 Å². The van der Waals surface area contributed by atoms with Crippen molar-refractivity contribution < 1.29 is 4.79 Å². The minimum Gasteiger partial charge on any atom is -0.337 e. The van der Waals surface area contributed by atoms with Gasteiger partial charge in [0.05, 0.1) is 0 Å². The zero-order valence-electron chi connectivity index (χ0n) is 8.44. The van der Waals surface area contributed by atoms with Gasteiger partial charge in [0.2, 0.25) is 9.47 Å². The predicted octanol–water partition coefficient (Wildman–Crippen LogP) is 2.06.